The summed E-state index contributed by atoms with van der Waals surface area (Å²) in [5.74, 6) is 0. The molecule has 0 unspecified atom stereocenters. The first-order chi connectivity index (χ1) is 10.3. The summed E-state index contributed by atoms with van der Waals surface area (Å²) < 4.78 is 5.56. The van der Waals surface area contributed by atoms with Gasteiger partial charge < -0.3 is 9.84 Å². The van der Waals surface area contributed by atoms with Crippen molar-refractivity contribution in [3.8, 4) is 11.3 Å². The van der Waals surface area contributed by atoms with Crippen molar-refractivity contribution in [3.05, 3.63) is 42.1 Å². The minimum absolute atomic E-state index is 0.0814. The van der Waals surface area contributed by atoms with Crippen LogP contribution in [0.5, 0.6) is 0 Å². The van der Waals surface area contributed by atoms with Crippen LogP contribution in [-0.2, 0) is 11.3 Å². The van der Waals surface area contributed by atoms with Crippen LogP contribution in [0.2, 0.25) is 0 Å². The molecule has 2 N–H and O–H groups in total. The number of rotatable bonds is 5. The van der Waals surface area contributed by atoms with Crippen LogP contribution in [0.25, 0.3) is 11.3 Å². The summed E-state index contributed by atoms with van der Waals surface area (Å²) in [6, 6.07) is 10.2. The lowest BCUT2D eigenvalue weighted by Gasteiger charge is -2.15. The molecule has 0 spiro atoms. The zero-order valence-electron chi connectivity index (χ0n) is 12.2. The number of aromatic amines is 1. The lowest BCUT2D eigenvalue weighted by Crippen LogP contribution is -2.26. The van der Waals surface area contributed by atoms with Gasteiger partial charge in [-0.1, -0.05) is 30.3 Å². The summed E-state index contributed by atoms with van der Waals surface area (Å²) in [6.07, 6.45) is 1.38. The zero-order valence-corrected chi connectivity index (χ0v) is 12.2. The van der Waals surface area contributed by atoms with Gasteiger partial charge in [-0.05, 0) is 12.5 Å². The van der Waals surface area contributed by atoms with E-state index in [1.165, 1.54) is 0 Å². The maximum absolute atomic E-state index is 10.0. The Morgan fingerprint density at radius 1 is 1.33 bits per heavy atom. The van der Waals surface area contributed by atoms with Crippen molar-refractivity contribution in [1.29, 1.82) is 0 Å². The lowest BCUT2D eigenvalue weighted by molar-refractivity contribution is -0.00244. The van der Waals surface area contributed by atoms with E-state index in [2.05, 4.69) is 27.2 Å². The fraction of sp³-hybridized carbons (Fsp3) is 0.438. The standard InChI is InChI=1S/C16H21N3O2/c1-2-21-15-11-19(10-14(15)20)9-13-8-17-18-16(13)12-6-4-3-5-7-12/h3-8,14-15,20H,2,9-11H2,1H3,(H,17,18)/t14-,15-/m0/s1. The van der Waals surface area contributed by atoms with Gasteiger partial charge in [0.05, 0.1) is 24.1 Å². The Morgan fingerprint density at radius 3 is 2.90 bits per heavy atom. The van der Waals surface area contributed by atoms with Crippen molar-refractivity contribution in [1.82, 2.24) is 15.1 Å². The topological polar surface area (TPSA) is 61.4 Å². The number of aliphatic hydroxyl groups is 1. The zero-order chi connectivity index (χ0) is 14.7. The van der Waals surface area contributed by atoms with Gasteiger partial charge in [-0.2, -0.15) is 5.10 Å². The van der Waals surface area contributed by atoms with E-state index < -0.39 is 6.10 Å². The number of ether oxygens (including phenoxy) is 1. The van der Waals surface area contributed by atoms with Crippen molar-refractivity contribution in [2.75, 3.05) is 19.7 Å². The summed E-state index contributed by atoms with van der Waals surface area (Å²) in [4.78, 5) is 2.21. The van der Waals surface area contributed by atoms with E-state index >= 15 is 0 Å². The number of aliphatic hydroxyl groups excluding tert-OH is 1. The molecule has 1 fully saturated rings. The lowest BCUT2D eigenvalue weighted by atomic mass is 10.1. The number of nitrogens with one attached hydrogen (secondary N) is 1. The highest BCUT2D eigenvalue weighted by Gasteiger charge is 2.32. The van der Waals surface area contributed by atoms with Crippen LogP contribution < -0.4 is 0 Å². The predicted molar refractivity (Wildman–Crippen MR) is 80.7 cm³/mol. The first-order valence-electron chi connectivity index (χ1n) is 7.37. The molecule has 0 amide bonds. The summed E-state index contributed by atoms with van der Waals surface area (Å²) in [5, 5.41) is 17.3. The normalized spacial score (nSPS) is 22.8. The van der Waals surface area contributed by atoms with E-state index in [-0.39, 0.29) is 6.10 Å². The fourth-order valence-electron chi connectivity index (χ4n) is 2.87. The highest BCUT2D eigenvalue weighted by atomic mass is 16.5. The molecule has 0 aliphatic carbocycles. The number of H-pyrrole nitrogens is 1. The van der Waals surface area contributed by atoms with Crippen molar-refractivity contribution in [2.45, 2.75) is 25.7 Å². The van der Waals surface area contributed by atoms with Gasteiger partial charge in [-0.3, -0.25) is 10.00 Å². The highest BCUT2D eigenvalue weighted by molar-refractivity contribution is 5.62. The largest absolute Gasteiger partial charge is 0.389 e. The Bertz CT molecular complexity index is 570. The molecule has 0 radical (unpaired) electrons. The van der Waals surface area contributed by atoms with Gasteiger partial charge in [0.15, 0.2) is 0 Å². The van der Waals surface area contributed by atoms with E-state index in [0.717, 1.165) is 29.9 Å². The number of likely N-dealkylation sites (tertiary alicyclic amines) is 1. The molecular formula is C16H21N3O2. The number of hydrogen-bond donors (Lipinski definition) is 2. The summed E-state index contributed by atoms with van der Waals surface area (Å²) in [5.41, 5.74) is 3.32. The van der Waals surface area contributed by atoms with Crippen LogP contribution in [-0.4, -0.2) is 52.1 Å². The second-order valence-electron chi connectivity index (χ2n) is 5.39. The molecule has 21 heavy (non-hydrogen) atoms. The van der Waals surface area contributed by atoms with E-state index in [0.29, 0.717) is 13.2 Å². The van der Waals surface area contributed by atoms with Gasteiger partial charge in [0.1, 0.15) is 0 Å². The van der Waals surface area contributed by atoms with Crippen LogP contribution >= 0.6 is 0 Å². The first-order valence-corrected chi connectivity index (χ1v) is 7.37. The Balaban J connectivity index is 1.71. The van der Waals surface area contributed by atoms with Crippen LogP contribution in [0.4, 0.5) is 0 Å². The third-order valence-electron chi connectivity index (χ3n) is 3.87. The summed E-state index contributed by atoms with van der Waals surface area (Å²) in [6.45, 7) is 4.76. The van der Waals surface area contributed by atoms with Gasteiger partial charge in [0.25, 0.3) is 0 Å². The Kier molecular flexibility index (Phi) is 4.34. The van der Waals surface area contributed by atoms with Crippen molar-refractivity contribution in [3.63, 3.8) is 0 Å². The molecular weight excluding hydrogens is 266 g/mol. The van der Waals surface area contributed by atoms with Crippen molar-refractivity contribution < 1.29 is 9.84 Å². The molecule has 3 rings (SSSR count). The molecule has 1 saturated heterocycles. The molecule has 1 aliphatic rings. The number of nitrogens with zero attached hydrogens (tertiary/aromatic N) is 2. The average Bonchev–Trinajstić information content (AvgIpc) is 3.08. The fourth-order valence-corrected chi connectivity index (χ4v) is 2.87. The monoisotopic (exact) mass is 287 g/mol. The molecule has 5 heteroatoms. The van der Waals surface area contributed by atoms with Crippen molar-refractivity contribution >= 4 is 0 Å². The molecule has 112 valence electrons. The minimum Gasteiger partial charge on any atom is -0.389 e. The van der Waals surface area contributed by atoms with Gasteiger partial charge in [0.2, 0.25) is 0 Å². The molecule has 2 atom stereocenters. The third-order valence-corrected chi connectivity index (χ3v) is 3.87. The minimum atomic E-state index is -0.406. The summed E-state index contributed by atoms with van der Waals surface area (Å²) >= 11 is 0. The number of aromatic nitrogens is 2. The molecule has 2 heterocycles. The molecule has 0 bridgehead atoms. The third kappa shape index (κ3) is 3.15. The average molecular weight is 287 g/mol. The van der Waals surface area contributed by atoms with Crippen LogP contribution in [0.1, 0.15) is 12.5 Å². The number of hydrogen-bond acceptors (Lipinski definition) is 4. The molecule has 5 nitrogen and oxygen atoms in total. The highest BCUT2D eigenvalue weighted by Crippen LogP contribution is 2.24. The van der Waals surface area contributed by atoms with Crippen LogP contribution in [0.15, 0.2) is 36.5 Å². The van der Waals surface area contributed by atoms with Gasteiger partial charge in [-0.25, -0.2) is 0 Å². The van der Waals surface area contributed by atoms with E-state index in [1.807, 2.05) is 31.3 Å². The second-order valence-corrected chi connectivity index (χ2v) is 5.39. The number of benzene rings is 1. The quantitative estimate of drug-likeness (QED) is 0.878. The molecule has 1 aromatic carbocycles. The van der Waals surface area contributed by atoms with Crippen molar-refractivity contribution in [2.24, 2.45) is 0 Å². The van der Waals surface area contributed by atoms with E-state index in [9.17, 15) is 5.11 Å². The SMILES string of the molecule is CCO[C@H]1CN(Cc2cn[nH]c2-c2ccccc2)C[C@@H]1O. The maximum atomic E-state index is 10.0. The molecule has 1 aromatic heterocycles. The predicted octanol–water partition coefficient (Wildman–Crippen LogP) is 1.66. The second kappa shape index (κ2) is 6.39. The van der Waals surface area contributed by atoms with Crippen LogP contribution in [0.3, 0.4) is 0 Å². The van der Waals surface area contributed by atoms with Gasteiger partial charge >= 0.3 is 0 Å². The Hall–Kier alpha value is -1.69. The van der Waals surface area contributed by atoms with E-state index in [4.69, 9.17) is 4.74 Å². The molecule has 2 aromatic rings. The van der Waals surface area contributed by atoms with E-state index in [1.54, 1.807) is 0 Å². The van der Waals surface area contributed by atoms with Crippen LogP contribution in [0, 0.1) is 0 Å². The van der Waals surface area contributed by atoms with Gasteiger partial charge in [0, 0.05) is 31.8 Å². The first kappa shape index (κ1) is 14.3. The smallest absolute Gasteiger partial charge is 0.0972 e. The number of β-amino-alcohol motifs (C(OH)–C–C–N with tert-alkyl or cyclic N) is 1. The Labute approximate surface area is 124 Å². The molecule has 1 aliphatic heterocycles. The molecule has 0 saturated carbocycles. The maximum Gasteiger partial charge on any atom is 0.0972 e. The Morgan fingerprint density at radius 2 is 2.14 bits per heavy atom. The summed E-state index contributed by atoms with van der Waals surface area (Å²) in [7, 11) is 0. The van der Waals surface area contributed by atoms with Gasteiger partial charge in [-0.15, -0.1) is 0 Å².